The second-order valence-electron chi connectivity index (χ2n) is 6.15. The van der Waals surface area contributed by atoms with Crippen molar-refractivity contribution in [2.24, 2.45) is 0 Å². The number of rotatable bonds is 4. The van der Waals surface area contributed by atoms with Crippen molar-refractivity contribution < 1.29 is 9.47 Å². The second-order valence-corrected chi connectivity index (χ2v) is 6.15. The fourth-order valence-electron chi connectivity index (χ4n) is 3.59. The smallest absolute Gasteiger partial charge is 0.161 e. The number of hydrogen-bond acceptors (Lipinski definition) is 2. The summed E-state index contributed by atoms with van der Waals surface area (Å²) in [6.45, 7) is 0. The fourth-order valence-corrected chi connectivity index (χ4v) is 3.59. The molecule has 0 bridgehead atoms. The van der Waals surface area contributed by atoms with Crippen LogP contribution in [-0.4, -0.2) is 14.2 Å². The maximum Gasteiger partial charge on any atom is 0.161 e. The van der Waals surface area contributed by atoms with Gasteiger partial charge in [0.1, 0.15) is 0 Å². The van der Waals surface area contributed by atoms with Gasteiger partial charge in [-0.3, -0.25) is 0 Å². The highest BCUT2D eigenvalue weighted by atomic mass is 16.5. The molecule has 0 amide bonds. The quantitative estimate of drug-likeness (QED) is 0.639. The Labute approximate surface area is 148 Å². The highest BCUT2D eigenvalue weighted by Crippen LogP contribution is 2.48. The molecule has 1 aliphatic rings. The molecule has 3 aromatic rings. The molecule has 0 spiro atoms. The van der Waals surface area contributed by atoms with Gasteiger partial charge in [0.05, 0.1) is 14.2 Å². The first-order chi connectivity index (χ1) is 12.3. The minimum Gasteiger partial charge on any atom is -0.493 e. The second kappa shape index (κ2) is 6.48. The molecular weight excluding hydrogens is 308 g/mol. The van der Waals surface area contributed by atoms with Crippen molar-refractivity contribution in [1.29, 1.82) is 0 Å². The van der Waals surface area contributed by atoms with Gasteiger partial charge in [0, 0.05) is 5.92 Å². The molecule has 0 heterocycles. The third kappa shape index (κ3) is 2.70. The zero-order valence-electron chi connectivity index (χ0n) is 14.4. The number of methoxy groups -OCH3 is 2. The van der Waals surface area contributed by atoms with Crippen molar-refractivity contribution in [1.82, 2.24) is 0 Å². The van der Waals surface area contributed by atoms with Gasteiger partial charge in [-0.15, -0.1) is 0 Å². The topological polar surface area (TPSA) is 18.5 Å². The molecule has 3 aromatic carbocycles. The first kappa shape index (κ1) is 15.5. The number of ether oxygens (including phenoxy) is 2. The zero-order valence-corrected chi connectivity index (χ0v) is 14.4. The summed E-state index contributed by atoms with van der Waals surface area (Å²) < 4.78 is 11.0. The summed E-state index contributed by atoms with van der Waals surface area (Å²) in [6.07, 6.45) is 2.27. The van der Waals surface area contributed by atoms with Crippen LogP contribution in [0.1, 0.15) is 28.2 Å². The van der Waals surface area contributed by atoms with Gasteiger partial charge in [-0.1, -0.05) is 60.7 Å². The average Bonchev–Trinajstić information content (AvgIpc) is 3.06. The normalized spacial score (nSPS) is 15.4. The van der Waals surface area contributed by atoms with Crippen LogP contribution in [0.5, 0.6) is 11.5 Å². The van der Waals surface area contributed by atoms with Crippen molar-refractivity contribution in [2.75, 3.05) is 14.2 Å². The lowest BCUT2D eigenvalue weighted by molar-refractivity contribution is 0.354. The Morgan fingerprint density at radius 2 is 1.32 bits per heavy atom. The molecule has 0 N–H and O–H groups in total. The lowest BCUT2D eigenvalue weighted by Gasteiger charge is -2.19. The van der Waals surface area contributed by atoms with Crippen LogP contribution >= 0.6 is 0 Å². The maximum atomic E-state index is 5.54. The van der Waals surface area contributed by atoms with Crippen LogP contribution in [0.25, 0.3) is 11.6 Å². The van der Waals surface area contributed by atoms with E-state index in [1.807, 2.05) is 0 Å². The predicted octanol–water partition coefficient (Wildman–Crippen LogP) is 5.39. The monoisotopic (exact) mass is 328 g/mol. The van der Waals surface area contributed by atoms with Crippen LogP contribution in [0.2, 0.25) is 0 Å². The lowest BCUT2D eigenvalue weighted by atomic mass is 9.85. The molecule has 0 radical (unpaired) electrons. The van der Waals surface area contributed by atoms with E-state index in [0.717, 1.165) is 11.5 Å². The molecule has 1 unspecified atom stereocenters. The van der Waals surface area contributed by atoms with E-state index < -0.39 is 0 Å². The summed E-state index contributed by atoms with van der Waals surface area (Å²) in [7, 11) is 3.36. The minimum atomic E-state index is 0.193. The van der Waals surface area contributed by atoms with Crippen LogP contribution < -0.4 is 9.47 Å². The van der Waals surface area contributed by atoms with E-state index >= 15 is 0 Å². The van der Waals surface area contributed by atoms with Crippen molar-refractivity contribution in [3.05, 3.63) is 95.1 Å². The van der Waals surface area contributed by atoms with Crippen LogP contribution in [-0.2, 0) is 0 Å². The highest BCUT2D eigenvalue weighted by Gasteiger charge is 2.29. The molecule has 25 heavy (non-hydrogen) atoms. The largest absolute Gasteiger partial charge is 0.493 e. The summed E-state index contributed by atoms with van der Waals surface area (Å²) in [5.41, 5.74) is 6.26. The van der Waals surface area contributed by atoms with Gasteiger partial charge in [-0.25, -0.2) is 0 Å². The van der Waals surface area contributed by atoms with Crippen LogP contribution in [0.4, 0.5) is 0 Å². The molecule has 2 heteroatoms. The molecule has 4 rings (SSSR count). The Kier molecular flexibility index (Phi) is 4.02. The van der Waals surface area contributed by atoms with Crippen LogP contribution in [0.3, 0.4) is 0 Å². The number of hydrogen-bond donors (Lipinski definition) is 0. The van der Waals surface area contributed by atoms with E-state index in [9.17, 15) is 0 Å². The first-order valence-electron chi connectivity index (χ1n) is 8.39. The van der Waals surface area contributed by atoms with Crippen LogP contribution in [0, 0.1) is 0 Å². The summed E-state index contributed by atoms with van der Waals surface area (Å²) in [5, 5.41) is 0. The van der Waals surface area contributed by atoms with Gasteiger partial charge in [0.25, 0.3) is 0 Å². The van der Waals surface area contributed by atoms with Crippen LogP contribution in [0.15, 0.2) is 72.8 Å². The molecule has 0 aromatic heterocycles. The lowest BCUT2D eigenvalue weighted by Crippen LogP contribution is -2.02. The number of fused-ring (bicyclic) bond motifs is 1. The molecule has 0 saturated carbocycles. The molecule has 0 fully saturated rings. The van der Waals surface area contributed by atoms with E-state index in [-0.39, 0.29) is 5.92 Å². The summed E-state index contributed by atoms with van der Waals surface area (Å²) in [6, 6.07) is 25.4. The summed E-state index contributed by atoms with van der Waals surface area (Å²) >= 11 is 0. The van der Waals surface area contributed by atoms with E-state index in [0.29, 0.717) is 0 Å². The Bertz CT molecular complexity index is 912. The Balaban J connectivity index is 1.92. The van der Waals surface area contributed by atoms with Gasteiger partial charge in [0.2, 0.25) is 0 Å². The fraction of sp³-hybridized carbons (Fsp3) is 0.130. The van der Waals surface area contributed by atoms with Gasteiger partial charge in [-0.2, -0.15) is 0 Å². The Hall–Kier alpha value is -3.00. The van der Waals surface area contributed by atoms with E-state index in [4.69, 9.17) is 9.47 Å². The minimum absolute atomic E-state index is 0.193. The molecule has 1 atom stereocenters. The Morgan fingerprint density at radius 3 is 1.96 bits per heavy atom. The molecule has 0 aliphatic heterocycles. The average molecular weight is 328 g/mol. The van der Waals surface area contributed by atoms with Crippen molar-refractivity contribution in [3.8, 4) is 11.5 Å². The van der Waals surface area contributed by atoms with Crippen molar-refractivity contribution in [3.63, 3.8) is 0 Å². The summed E-state index contributed by atoms with van der Waals surface area (Å²) in [4.78, 5) is 0. The van der Waals surface area contributed by atoms with Gasteiger partial charge in [-0.05, 0) is 46.0 Å². The SMILES string of the molecule is COc1cc2c(cc1OC)C(c1ccccc1)C(c1ccccc1)=C2. The van der Waals surface area contributed by atoms with E-state index in [1.165, 1.54) is 27.8 Å². The molecule has 0 saturated heterocycles. The number of allylic oxidation sites excluding steroid dienone is 1. The van der Waals surface area contributed by atoms with Gasteiger partial charge < -0.3 is 9.47 Å². The molecule has 1 aliphatic carbocycles. The van der Waals surface area contributed by atoms with E-state index in [2.05, 4.69) is 78.9 Å². The van der Waals surface area contributed by atoms with Crippen molar-refractivity contribution >= 4 is 11.6 Å². The van der Waals surface area contributed by atoms with Crippen molar-refractivity contribution in [2.45, 2.75) is 5.92 Å². The number of benzene rings is 3. The third-order valence-electron chi connectivity index (χ3n) is 4.76. The van der Waals surface area contributed by atoms with Gasteiger partial charge >= 0.3 is 0 Å². The zero-order chi connectivity index (χ0) is 17.2. The maximum absolute atomic E-state index is 5.54. The molecular formula is C23H20O2. The molecule has 124 valence electrons. The summed E-state index contributed by atoms with van der Waals surface area (Å²) in [5.74, 6) is 1.72. The predicted molar refractivity (Wildman–Crippen MR) is 102 cm³/mol. The van der Waals surface area contributed by atoms with E-state index in [1.54, 1.807) is 14.2 Å². The Morgan fingerprint density at radius 1 is 0.720 bits per heavy atom. The van der Waals surface area contributed by atoms with Gasteiger partial charge in [0.15, 0.2) is 11.5 Å². The highest BCUT2D eigenvalue weighted by molar-refractivity contribution is 5.94. The standard InChI is InChI=1S/C23H20O2/c1-24-21-14-18-13-19(16-9-5-3-6-10-16)23(17-11-7-4-8-12-17)20(18)15-22(21)25-2/h3-15,23H,1-2H3. The molecule has 2 nitrogen and oxygen atoms in total. The first-order valence-corrected chi connectivity index (χ1v) is 8.39. The third-order valence-corrected chi connectivity index (χ3v) is 4.76.